The van der Waals surface area contributed by atoms with Crippen LogP contribution in [0.5, 0.6) is 0 Å². The van der Waals surface area contributed by atoms with Crippen LogP contribution in [0.1, 0.15) is 16.5 Å². The number of hydrogen-bond acceptors (Lipinski definition) is 0. The van der Waals surface area contributed by atoms with Gasteiger partial charge in [-0.1, -0.05) is 18.2 Å². The third kappa shape index (κ3) is 3.63. The van der Waals surface area contributed by atoms with Crippen LogP contribution in [0.25, 0.3) is 0 Å². The molecule has 1 aromatic rings. The van der Waals surface area contributed by atoms with Crippen molar-refractivity contribution in [1.82, 2.24) is 0 Å². The van der Waals surface area contributed by atoms with Crippen LogP contribution in [-0.4, -0.2) is 18.5 Å². The van der Waals surface area contributed by atoms with Crippen molar-refractivity contribution < 1.29 is 52.7 Å². The SMILES string of the molecule is FC(F)(F)c1cccc(C(Cl)C(C(F)(F)F)(C(F)(F)F)C(F)(F)F)c1. The molecule has 0 N–H and O–H groups in total. The summed E-state index contributed by atoms with van der Waals surface area (Å²) in [6, 6.07) is 0.519. The van der Waals surface area contributed by atoms with E-state index in [4.69, 9.17) is 11.6 Å². The van der Waals surface area contributed by atoms with Gasteiger partial charge in [0.05, 0.1) is 10.9 Å². The molecule has 0 nitrogen and oxygen atoms in total. The van der Waals surface area contributed by atoms with Crippen LogP contribution in [0.4, 0.5) is 52.7 Å². The number of rotatable bonds is 2. The Kier molecular flexibility index (Phi) is 5.32. The summed E-state index contributed by atoms with van der Waals surface area (Å²) in [5.74, 6) is 0. The third-order valence-corrected chi connectivity index (χ3v) is 3.81. The fraction of sp³-hybridized carbons (Fsp3) is 0.500. The van der Waals surface area contributed by atoms with Crippen molar-refractivity contribution in [3.63, 3.8) is 0 Å². The minimum atomic E-state index is -6.98. The van der Waals surface area contributed by atoms with Crippen molar-refractivity contribution in [2.24, 2.45) is 5.41 Å². The van der Waals surface area contributed by atoms with Crippen LogP contribution in [0.3, 0.4) is 0 Å². The lowest BCUT2D eigenvalue weighted by atomic mass is 9.78. The zero-order chi connectivity index (χ0) is 20.1. The van der Waals surface area contributed by atoms with E-state index in [1.54, 1.807) is 0 Å². The monoisotopic (exact) mass is 412 g/mol. The lowest BCUT2D eigenvalue weighted by Gasteiger charge is -2.41. The molecule has 0 aliphatic carbocycles. The summed E-state index contributed by atoms with van der Waals surface area (Å²) in [6.07, 6.45) is -26.2. The van der Waals surface area contributed by atoms with E-state index in [0.29, 0.717) is 6.07 Å². The van der Waals surface area contributed by atoms with Gasteiger partial charge in [0.15, 0.2) is 0 Å². The van der Waals surface area contributed by atoms with Gasteiger partial charge in [0, 0.05) is 0 Å². The van der Waals surface area contributed by atoms with E-state index >= 15 is 0 Å². The van der Waals surface area contributed by atoms with Crippen molar-refractivity contribution in [3.8, 4) is 0 Å². The molecular weight excluding hydrogens is 408 g/mol. The normalized spacial score (nSPS) is 16.0. The first-order valence-corrected chi connectivity index (χ1v) is 6.32. The van der Waals surface area contributed by atoms with E-state index in [2.05, 4.69) is 0 Å². The van der Waals surface area contributed by atoms with Gasteiger partial charge in [-0.3, -0.25) is 0 Å². The molecule has 0 aliphatic heterocycles. The standard InChI is InChI=1S/C12H5ClF12/c13-7(5-2-1-3-6(4-5)9(14,15)16)8(10(17,18)19,11(20,21)22)12(23,24)25/h1-4,7H. The van der Waals surface area contributed by atoms with Gasteiger partial charge < -0.3 is 0 Å². The van der Waals surface area contributed by atoms with Crippen molar-refractivity contribution in [2.45, 2.75) is 30.1 Å². The van der Waals surface area contributed by atoms with E-state index in [1.807, 2.05) is 0 Å². The predicted octanol–water partition coefficient (Wildman–Crippen LogP) is 6.66. The third-order valence-electron chi connectivity index (χ3n) is 3.23. The zero-order valence-electron chi connectivity index (χ0n) is 11.3. The molecule has 1 unspecified atom stereocenters. The predicted molar refractivity (Wildman–Crippen MR) is 60.6 cm³/mol. The molecule has 1 atom stereocenters. The molecule has 0 spiro atoms. The van der Waals surface area contributed by atoms with Gasteiger partial charge >= 0.3 is 24.7 Å². The Balaban J connectivity index is 3.74. The van der Waals surface area contributed by atoms with E-state index in [0.717, 1.165) is 0 Å². The van der Waals surface area contributed by atoms with Crippen molar-refractivity contribution in [1.29, 1.82) is 0 Å². The second-order valence-corrected chi connectivity index (χ2v) is 5.22. The Bertz CT molecular complexity index is 570. The minimum Gasteiger partial charge on any atom is -0.170 e. The molecular formula is C12H5ClF12. The van der Waals surface area contributed by atoms with Crippen LogP contribution in [0, 0.1) is 5.41 Å². The van der Waals surface area contributed by atoms with E-state index in [9.17, 15) is 52.7 Å². The summed E-state index contributed by atoms with van der Waals surface area (Å²) in [5, 5.41) is -3.94. The first-order chi connectivity index (χ1) is 10.9. The molecule has 0 heterocycles. The number of hydrogen-bond donors (Lipinski definition) is 0. The average Bonchev–Trinajstić information content (AvgIpc) is 2.32. The van der Waals surface area contributed by atoms with Gasteiger partial charge in [0.1, 0.15) is 0 Å². The molecule has 0 saturated carbocycles. The molecule has 144 valence electrons. The molecule has 13 heteroatoms. The Morgan fingerprint density at radius 3 is 1.40 bits per heavy atom. The fourth-order valence-electron chi connectivity index (χ4n) is 2.04. The maximum atomic E-state index is 12.9. The van der Waals surface area contributed by atoms with Gasteiger partial charge in [-0.15, -0.1) is 11.6 Å². The highest BCUT2D eigenvalue weighted by Crippen LogP contribution is 2.66. The van der Waals surface area contributed by atoms with Gasteiger partial charge in [-0.25, -0.2) is 0 Å². The van der Waals surface area contributed by atoms with Crippen LogP contribution in [-0.2, 0) is 6.18 Å². The van der Waals surface area contributed by atoms with Crippen LogP contribution in [0.2, 0.25) is 0 Å². The second kappa shape index (κ2) is 6.13. The number of halogens is 13. The molecule has 25 heavy (non-hydrogen) atoms. The van der Waals surface area contributed by atoms with E-state index in [-0.39, 0.29) is 18.2 Å². The first-order valence-electron chi connectivity index (χ1n) is 5.88. The molecule has 0 aromatic heterocycles. The van der Waals surface area contributed by atoms with Gasteiger partial charge in [0.25, 0.3) is 5.41 Å². The maximum absolute atomic E-state index is 12.9. The summed E-state index contributed by atoms with van der Waals surface area (Å²) in [7, 11) is 0. The lowest BCUT2D eigenvalue weighted by Crippen LogP contribution is -2.61. The molecule has 1 rings (SSSR count). The van der Waals surface area contributed by atoms with Crippen LogP contribution in [0.15, 0.2) is 24.3 Å². The number of alkyl halides is 13. The summed E-state index contributed by atoms with van der Waals surface area (Å²) in [4.78, 5) is 0. The highest BCUT2D eigenvalue weighted by molar-refractivity contribution is 6.21. The lowest BCUT2D eigenvalue weighted by molar-refractivity contribution is -0.428. The summed E-state index contributed by atoms with van der Waals surface area (Å²) in [6.45, 7) is 0. The molecule has 0 bridgehead atoms. The molecule has 0 fully saturated rings. The summed E-state index contributed by atoms with van der Waals surface area (Å²) >= 11 is 4.88. The smallest absolute Gasteiger partial charge is 0.170 e. The topological polar surface area (TPSA) is 0 Å². The zero-order valence-corrected chi connectivity index (χ0v) is 12.1. The molecule has 0 aliphatic rings. The van der Waals surface area contributed by atoms with E-state index < -0.39 is 46.6 Å². The highest BCUT2D eigenvalue weighted by atomic mass is 35.5. The Labute approximate surface area is 136 Å². The second-order valence-electron chi connectivity index (χ2n) is 4.79. The molecule has 0 saturated heterocycles. The van der Waals surface area contributed by atoms with Crippen molar-refractivity contribution >= 4 is 11.6 Å². The van der Waals surface area contributed by atoms with E-state index in [1.165, 1.54) is 0 Å². The van der Waals surface area contributed by atoms with Gasteiger partial charge in [-0.05, 0) is 11.6 Å². The largest absolute Gasteiger partial charge is 0.416 e. The van der Waals surface area contributed by atoms with Gasteiger partial charge in [0.2, 0.25) is 0 Å². The average molecular weight is 413 g/mol. The van der Waals surface area contributed by atoms with Crippen LogP contribution >= 0.6 is 11.6 Å². The van der Waals surface area contributed by atoms with Crippen LogP contribution < -0.4 is 0 Å². The fourth-order valence-corrected chi connectivity index (χ4v) is 2.54. The summed E-state index contributed by atoms with van der Waals surface area (Å²) in [5.41, 5.74) is -9.85. The molecule has 0 amide bonds. The van der Waals surface area contributed by atoms with Crippen molar-refractivity contribution in [2.75, 3.05) is 0 Å². The Hall–Kier alpha value is -1.33. The Morgan fingerprint density at radius 1 is 0.680 bits per heavy atom. The highest BCUT2D eigenvalue weighted by Gasteiger charge is 2.86. The Morgan fingerprint density at radius 2 is 1.08 bits per heavy atom. The molecule has 1 aromatic carbocycles. The first kappa shape index (κ1) is 21.7. The van der Waals surface area contributed by atoms with Gasteiger partial charge in [-0.2, -0.15) is 52.7 Å². The number of benzene rings is 1. The minimum absolute atomic E-state index is 0.213. The van der Waals surface area contributed by atoms with Crippen molar-refractivity contribution in [3.05, 3.63) is 35.4 Å². The quantitative estimate of drug-likeness (QED) is 0.376. The summed E-state index contributed by atoms with van der Waals surface area (Å²) < 4.78 is 154. The maximum Gasteiger partial charge on any atom is 0.416 e. The molecule has 0 radical (unpaired) electrons.